The number of hydrogen-bond donors (Lipinski definition) is 0. The molecule has 0 fully saturated rings. The number of benzene rings is 1. The Morgan fingerprint density at radius 1 is 1.29 bits per heavy atom. The molecule has 3 nitrogen and oxygen atoms in total. The summed E-state index contributed by atoms with van der Waals surface area (Å²) < 4.78 is 15.1. The predicted octanol–water partition coefficient (Wildman–Crippen LogP) is 2.02. The first-order chi connectivity index (χ1) is 6.70. The molecule has 0 bridgehead atoms. The second-order valence-electron chi connectivity index (χ2n) is 3.18. The van der Waals surface area contributed by atoms with E-state index in [0.717, 1.165) is 5.69 Å². The minimum absolute atomic E-state index is 0.182. The van der Waals surface area contributed by atoms with Crippen LogP contribution in [0.25, 0.3) is 5.69 Å². The third kappa shape index (κ3) is 1.28. The van der Waals surface area contributed by atoms with E-state index >= 15 is 0 Å². The average Bonchev–Trinajstić information content (AvgIpc) is 2.67. The van der Waals surface area contributed by atoms with Gasteiger partial charge in [-0.2, -0.15) is 5.10 Å². The molecule has 0 atom stereocenters. The molecule has 2 aromatic rings. The van der Waals surface area contributed by atoms with E-state index in [0.29, 0.717) is 11.1 Å². The molecular formula is C10H10FN3. The van der Waals surface area contributed by atoms with E-state index in [4.69, 9.17) is 0 Å². The van der Waals surface area contributed by atoms with Gasteiger partial charge in [0.1, 0.15) is 18.5 Å². The van der Waals surface area contributed by atoms with Crippen molar-refractivity contribution in [3.8, 4) is 5.69 Å². The molecular weight excluding hydrogens is 181 g/mol. The van der Waals surface area contributed by atoms with Gasteiger partial charge in [0.05, 0.1) is 5.69 Å². The Morgan fingerprint density at radius 2 is 2.07 bits per heavy atom. The van der Waals surface area contributed by atoms with Crippen molar-refractivity contribution in [2.75, 3.05) is 0 Å². The Balaban J connectivity index is 2.61. The highest BCUT2D eigenvalue weighted by Crippen LogP contribution is 2.18. The minimum Gasteiger partial charge on any atom is -0.223 e. The fraction of sp³-hybridized carbons (Fsp3) is 0.200. The molecule has 0 radical (unpaired) electrons. The van der Waals surface area contributed by atoms with Crippen molar-refractivity contribution in [2.24, 2.45) is 0 Å². The fourth-order valence-corrected chi connectivity index (χ4v) is 1.39. The lowest BCUT2D eigenvalue weighted by molar-refractivity contribution is 0.606. The van der Waals surface area contributed by atoms with Gasteiger partial charge in [-0.05, 0) is 25.5 Å². The van der Waals surface area contributed by atoms with Crippen LogP contribution >= 0.6 is 0 Å². The third-order valence-corrected chi connectivity index (χ3v) is 2.22. The molecule has 72 valence electrons. The van der Waals surface area contributed by atoms with Gasteiger partial charge in [-0.15, -0.1) is 0 Å². The maximum Gasteiger partial charge on any atom is 0.138 e. The van der Waals surface area contributed by atoms with E-state index in [2.05, 4.69) is 10.1 Å². The smallest absolute Gasteiger partial charge is 0.138 e. The number of aryl methyl sites for hydroxylation is 1. The van der Waals surface area contributed by atoms with Crippen molar-refractivity contribution in [2.45, 2.75) is 13.8 Å². The first kappa shape index (κ1) is 8.87. The Morgan fingerprint density at radius 3 is 2.71 bits per heavy atom. The summed E-state index contributed by atoms with van der Waals surface area (Å²) >= 11 is 0. The number of rotatable bonds is 1. The lowest BCUT2D eigenvalue weighted by Crippen LogP contribution is -2.00. The second-order valence-corrected chi connectivity index (χ2v) is 3.18. The van der Waals surface area contributed by atoms with Gasteiger partial charge in [-0.25, -0.2) is 14.1 Å². The molecule has 0 unspecified atom stereocenters. The van der Waals surface area contributed by atoms with Crippen LogP contribution in [0.5, 0.6) is 0 Å². The average molecular weight is 191 g/mol. The summed E-state index contributed by atoms with van der Waals surface area (Å²) in [4.78, 5) is 3.82. The number of hydrogen-bond acceptors (Lipinski definition) is 2. The minimum atomic E-state index is -0.182. The lowest BCUT2D eigenvalue weighted by Gasteiger charge is -2.07. The Kier molecular flexibility index (Phi) is 2.04. The summed E-state index contributed by atoms with van der Waals surface area (Å²) in [5.41, 5.74) is 1.97. The van der Waals surface area contributed by atoms with Crippen molar-refractivity contribution in [3.05, 3.63) is 41.7 Å². The van der Waals surface area contributed by atoms with E-state index in [1.54, 1.807) is 30.9 Å². The predicted molar refractivity (Wildman–Crippen MR) is 50.8 cm³/mol. The maximum absolute atomic E-state index is 13.5. The summed E-state index contributed by atoms with van der Waals surface area (Å²) in [7, 11) is 0. The van der Waals surface area contributed by atoms with Crippen molar-refractivity contribution in [1.82, 2.24) is 14.8 Å². The van der Waals surface area contributed by atoms with Crippen LogP contribution in [0.3, 0.4) is 0 Å². The fourth-order valence-electron chi connectivity index (χ4n) is 1.39. The van der Waals surface area contributed by atoms with Crippen LogP contribution in [0.1, 0.15) is 11.1 Å². The Labute approximate surface area is 81.2 Å². The normalized spacial score (nSPS) is 10.5. The van der Waals surface area contributed by atoms with Crippen LogP contribution in [0.15, 0.2) is 24.8 Å². The highest BCUT2D eigenvalue weighted by Gasteiger charge is 2.08. The second kappa shape index (κ2) is 3.21. The zero-order chi connectivity index (χ0) is 10.1. The van der Waals surface area contributed by atoms with Crippen LogP contribution in [0.2, 0.25) is 0 Å². The van der Waals surface area contributed by atoms with Crippen LogP contribution < -0.4 is 0 Å². The molecule has 0 amide bonds. The molecule has 4 heteroatoms. The highest BCUT2D eigenvalue weighted by atomic mass is 19.1. The summed E-state index contributed by atoms with van der Waals surface area (Å²) in [6.45, 7) is 3.48. The van der Waals surface area contributed by atoms with E-state index < -0.39 is 0 Å². The van der Waals surface area contributed by atoms with Crippen molar-refractivity contribution in [3.63, 3.8) is 0 Å². The van der Waals surface area contributed by atoms with Gasteiger partial charge in [0, 0.05) is 5.56 Å². The van der Waals surface area contributed by atoms with Crippen LogP contribution in [0.4, 0.5) is 4.39 Å². The number of aromatic nitrogens is 3. The van der Waals surface area contributed by atoms with Crippen molar-refractivity contribution >= 4 is 0 Å². The standard InChI is InChI=1S/C10H10FN3/c1-7-3-4-9(8(2)10(7)11)14-6-12-5-13-14/h3-6H,1-2H3. The molecule has 0 saturated carbocycles. The highest BCUT2D eigenvalue weighted by molar-refractivity contribution is 5.42. The monoisotopic (exact) mass is 191 g/mol. The molecule has 0 spiro atoms. The number of halogens is 1. The van der Waals surface area contributed by atoms with Gasteiger partial charge >= 0.3 is 0 Å². The SMILES string of the molecule is Cc1ccc(-n2cncn2)c(C)c1F. The third-order valence-electron chi connectivity index (χ3n) is 2.22. The van der Waals surface area contributed by atoms with Crippen molar-refractivity contribution < 1.29 is 4.39 Å². The molecule has 0 aliphatic heterocycles. The molecule has 14 heavy (non-hydrogen) atoms. The summed E-state index contributed by atoms with van der Waals surface area (Å²) in [6, 6.07) is 3.57. The summed E-state index contributed by atoms with van der Waals surface area (Å²) in [5.74, 6) is -0.182. The molecule has 2 rings (SSSR count). The van der Waals surface area contributed by atoms with Crippen molar-refractivity contribution in [1.29, 1.82) is 0 Å². The Bertz CT molecular complexity index is 449. The number of nitrogens with zero attached hydrogens (tertiary/aromatic N) is 3. The molecule has 0 saturated heterocycles. The van der Waals surface area contributed by atoms with Crippen LogP contribution in [0, 0.1) is 19.7 Å². The van der Waals surface area contributed by atoms with Gasteiger partial charge in [-0.1, -0.05) is 6.07 Å². The molecule has 0 aliphatic rings. The van der Waals surface area contributed by atoms with E-state index in [9.17, 15) is 4.39 Å². The molecule has 0 N–H and O–H groups in total. The van der Waals surface area contributed by atoms with E-state index in [1.165, 1.54) is 6.33 Å². The molecule has 1 aromatic heterocycles. The van der Waals surface area contributed by atoms with E-state index in [1.807, 2.05) is 6.07 Å². The molecule has 1 aromatic carbocycles. The van der Waals surface area contributed by atoms with Gasteiger partial charge in [0.15, 0.2) is 0 Å². The van der Waals surface area contributed by atoms with Gasteiger partial charge < -0.3 is 0 Å². The largest absolute Gasteiger partial charge is 0.223 e. The first-order valence-corrected chi connectivity index (χ1v) is 4.31. The molecule has 1 heterocycles. The topological polar surface area (TPSA) is 30.7 Å². The van der Waals surface area contributed by atoms with Crippen LogP contribution in [-0.4, -0.2) is 14.8 Å². The zero-order valence-corrected chi connectivity index (χ0v) is 8.03. The maximum atomic E-state index is 13.5. The Hall–Kier alpha value is -1.71. The van der Waals surface area contributed by atoms with Gasteiger partial charge in [-0.3, -0.25) is 0 Å². The first-order valence-electron chi connectivity index (χ1n) is 4.31. The van der Waals surface area contributed by atoms with Crippen LogP contribution in [-0.2, 0) is 0 Å². The summed E-state index contributed by atoms with van der Waals surface area (Å²) in [5, 5.41) is 3.96. The van der Waals surface area contributed by atoms with E-state index in [-0.39, 0.29) is 5.82 Å². The quantitative estimate of drug-likeness (QED) is 0.690. The zero-order valence-electron chi connectivity index (χ0n) is 8.03. The van der Waals surface area contributed by atoms with Gasteiger partial charge in [0.2, 0.25) is 0 Å². The summed E-state index contributed by atoms with van der Waals surface area (Å²) in [6.07, 6.45) is 2.98. The molecule has 0 aliphatic carbocycles. The van der Waals surface area contributed by atoms with Gasteiger partial charge in [0.25, 0.3) is 0 Å². The lowest BCUT2D eigenvalue weighted by atomic mass is 10.1.